The fourth-order valence-electron chi connectivity index (χ4n) is 1.03. The third-order valence-corrected chi connectivity index (χ3v) is 4.29. The van der Waals surface area contributed by atoms with Crippen LogP contribution in [0.5, 0.6) is 0 Å². The minimum absolute atomic E-state index is 0.365. The maximum Gasteiger partial charge on any atom is 0.175 e. The summed E-state index contributed by atoms with van der Waals surface area (Å²) in [6.07, 6.45) is 2.17. The lowest BCUT2D eigenvalue weighted by Crippen LogP contribution is -1.96. The highest BCUT2D eigenvalue weighted by Crippen LogP contribution is 2.20. The molecular formula is C10H13ClO2S2. The Hall–Kier alpha value is -0.190. The summed E-state index contributed by atoms with van der Waals surface area (Å²) in [5.41, 5.74) is 0. The first-order valence-corrected chi connectivity index (χ1v) is 7.94. The predicted octanol–water partition coefficient (Wildman–Crippen LogP) is 2.81. The zero-order chi connectivity index (χ0) is 11.3. The molecule has 0 aromatic heterocycles. The molecule has 0 heterocycles. The Morgan fingerprint density at radius 2 is 1.87 bits per heavy atom. The summed E-state index contributed by atoms with van der Waals surface area (Å²) < 4.78 is 22.4. The molecule has 0 aliphatic heterocycles. The van der Waals surface area contributed by atoms with E-state index in [1.165, 1.54) is 6.26 Å². The van der Waals surface area contributed by atoms with Crippen LogP contribution in [0, 0.1) is 0 Å². The summed E-state index contributed by atoms with van der Waals surface area (Å²) in [4.78, 5) is 1.44. The van der Waals surface area contributed by atoms with Gasteiger partial charge in [0.05, 0.1) is 4.90 Å². The van der Waals surface area contributed by atoms with Crippen LogP contribution in [0.4, 0.5) is 0 Å². The van der Waals surface area contributed by atoms with Crippen molar-refractivity contribution in [3.05, 3.63) is 24.3 Å². The molecule has 0 N–H and O–H groups in total. The molecule has 0 unspecified atom stereocenters. The van der Waals surface area contributed by atoms with E-state index in [0.717, 1.165) is 17.1 Å². The third kappa shape index (κ3) is 4.45. The summed E-state index contributed by atoms with van der Waals surface area (Å²) in [5.74, 6) is 1.62. The second kappa shape index (κ2) is 5.77. The average molecular weight is 265 g/mol. The number of hydrogen-bond acceptors (Lipinski definition) is 3. The summed E-state index contributed by atoms with van der Waals surface area (Å²) in [6, 6.07) is 6.93. The minimum Gasteiger partial charge on any atom is -0.224 e. The first-order chi connectivity index (χ1) is 7.04. The Balaban J connectivity index is 2.65. The molecular weight excluding hydrogens is 252 g/mol. The van der Waals surface area contributed by atoms with Gasteiger partial charge in [-0.25, -0.2) is 8.42 Å². The van der Waals surface area contributed by atoms with Gasteiger partial charge in [-0.05, 0) is 36.4 Å². The second-order valence-corrected chi connectivity index (χ2v) is 6.70. The predicted molar refractivity (Wildman–Crippen MR) is 65.6 cm³/mol. The van der Waals surface area contributed by atoms with Crippen molar-refractivity contribution in [3.8, 4) is 0 Å². The van der Waals surface area contributed by atoms with Gasteiger partial charge in [-0.15, -0.1) is 23.4 Å². The summed E-state index contributed by atoms with van der Waals surface area (Å²) in [6.45, 7) is 0. The molecule has 15 heavy (non-hydrogen) atoms. The topological polar surface area (TPSA) is 34.1 Å². The fourth-order valence-corrected chi connectivity index (χ4v) is 2.80. The van der Waals surface area contributed by atoms with Crippen LogP contribution in [0.15, 0.2) is 34.1 Å². The number of benzene rings is 1. The molecule has 2 nitrogen and oxygen atoms in total. The van der Waals surface area contributed by atoms with E-state index < -0.39 is 9.84 Å². The quantitative estimate of drug-likeness (QED) is 0.466. The van der Waals surface area contributed by atoms with Crippen molar-refractivity contribution in [3.63, 3.8) is 0 Å². The van der Waals surface area contributed by atoms with E-state index in [-0.39, 0.29) is 0 Å². The minimum atomic E-state index is -3.08. The summed E-state index contributed by atoms with van der Waals surface area (Å²) >= 11 is 7.25. The van der Waals surface area contributed by atoms with Gasteiger partial charge in [0, 0.05) is 17.0 Å². The first-order valence-electron chi connectivity index (χ1n) is 4.53. The number of hydrogen-bond donors (Lipinski definition) is 0. The van der Waals surface area contributed by atoms with E-state index in [9.17, 15) is 8.42 Å². The number of rotatable bonds is 5. The molecule has 0 amide bonds. The Kier molecular flexibility index (Phi) is 4.96. The second-order valence-electron chi connectivity index (χ2n) is 3.13. The van der Waals surface area contributed by atoms with Crippen molar-refractivity contribution in [2.75, 3.05) is 17.9 Å². The Bertz CT molecular complexity index is 398. The molecule has 0 radical (unpaired) electrons. The monoisotopic (exact) mass is 264 g/mol. The van der Waals surface area contributed by atoms with Gasteiger partial charge in [-0.3, -0.25) is 0 Å². The number of alkyl halides is 1. The third-order valence-electron chi connectivity index (χ3n) is 1.80. The zero-order valence-electron chi connectivity index (χ0n) is 8.44. The molecule has 0 aliphatic carbocycles. The van der Waals surface area contributed by atoms with Crippen LogP contribution in [0.3, 0.4) is 0 Å². The van der Waals surface area contributed by atoms with Crippen LogP contribution in [-0.2, 0) is 9.84 Å². The smallest absolute Gasteiger partial charge is 0.175 e. The van der Waals surface area contributed by atoms with Gasteiger partial charge in [0.25, 0.3) is 0 Å². The van der Waals surface area contributed by atoms with Gasteiger partial charge in [0.2, 0.25) is 0 Å². The zero-order valence-corrected chi connectivity index (χ0v) is 10.8. The van der Waals surface area contributed by atoms with Crippen LogP contribution in [-0.4, -0.2) is 26.3 Å². The molecule has 0 fully saturated rings. The van der Waals surface area contributed by atoms with Crippen molar-refractivity contribution >= 4 is 33.2 Å². The highest BCUT2D eigenvalue weighted by Gasteiger charge is 2.05. The molecule has 84 valence electrons. The van der Waals surface area contributed by atoms with Crippen molar-refractivity contribution < 1.29 is 8.42 Å². The Labute approximate surface area is 99.9 Å². The van der Waals surface area contributed by atoms with Gasteiger partial charge in [-0.2, -0.15) is 0 Å². The van der Waals surface area contributed by atoms with Crippen molar-refractivity contribution in [1.82, 2.24) is 0 Å². The van der Waals surface area contributed by atoms with Gasteiger partial charge in [0.15, 0.2) is 9.84 Å². The maximum atomic E-state index is 11.2. The SMILES string of the molecule is CS(=O)(=O)c1ccc(SCCCCl)cc1. The van der Waals surface area contributed by atoms with Crippen LogP contribution < -0.4 is 0 Å². The molecule has 0 saturated carbocycles. The number of thioether (sulfide) groups is 1. The van der Waals surface area contributed by atoms with E-state index in [4.69, 9.17) is 11.6 Å². The Morgan fingerprint density at radius 1 is 1.27 bits per heavy atom. The Morgan fingerprint density at radius 3 is 2.33 bits per heavy atom. The standard InChI is InChI=1S/C10H13ClO2S2/c1-15(12,13)10-5-3-9(4-6-10)14-8-2-7-11/h3-6H,2,7-8H2,1H3. The number of halogens is 1. The maximum absolute atomic E-state index is 11.2. The van der Waals surface area contributed by atoms with E-state index in [2.05, 4.69) is 0 Å². The summed E-state index contributed by atoms with van der Waals surface area (Å²) in [7, 11) is -3.08. The lowest BCUT2D eigenvalue weighted by molar-refractivity contribution is 0.602. The lowest BCUT2D eigenvalue weighted by atomic mass is 10.4. The first kappa shape index (κ1) is 12.9. The number of sulfone groups is 1. The van der Waals surface area contributed by atoms with Gasteiger partial charge < -0.3 is 0 Å². The molecule has 1 rings (SSSR count). The van der Waals surface area contributed by atoms with Crippen LogP contribution in [0.2, 0.25) is 0 Å². The van der Waals surface area contributed by atoms with E-state index in [1.807, 2.05) is 12.1 Å². The van der Waals surface area contributed by atoms with Gasteiger partial charge in [0.1, 0.15) is 0 Å². The lowest BCUT2D eigenvalue weighted by Gasteiger charge is -2.01. The van der Waals surface area contributed by atoms with Gasteiger partial charge in [-0.1, -0.05) is 0 Å². The van der Waals surface area contributed by atoms with E-state index in [0.29, 0.717) is 10.8 Å². The molecule has 0 spiro atoms. The molecule has 5 heteroatoms. The van der Waals surface area contributed by atoms with Crippen molar-refractivity contribution in [2.24, 2.45) is 0 Å². The van der Waals surface area contributed by atoms with Crippen LogP contribution >= 0.6 is 23.4 Å². The van der Waals surface area contributed by atoms with Crippen molar-refractivity contribution in [1.29, 1.82) is 0 Å². The van der Waals surface area contributed by atoms with E-state index in [1.54, 1.807) is 23.9 Å². The molecule has 0 aliphatic rings. The largest absolute Gasteiger partial charge is 0.224 e. The molecule has 0 atom stereocenters. The van der Waals surface area contributed by atoms with Crippen molar-refractivity contribution in [2.45, 2.75) is 16.2 Å². The highest BCUT2D eigenvalue weighted by molar-refractivity contribution is 7.99. The molecule has 1 aromatic carbocycles. The average Bonchev–Trinajstić information content (AvgIpc) is 2.18. The van der Waals surface area contributed by atoms with Crippen LogP contribution in [0.1, 0.15) is 6.42 Å². The highest BCUT2D eigenvalue weighted by atomic mass is 35.5. The normalized spacial score (nSPS) is 11.6. The molecule has 0 saturated heterocycles. The fraction of sp³-hybridized carbons (Fsp3) is 0.400. The van der Waals surface area contributed by atoms with E-state index >= 15 is 0 Å². The van der Waals surface area contributed by atoms with Gasteiger partial charge >= 0.3 is 0 Å². The summed E-state index contributed by atoms with van der Waals surface area (Å²) in [5, 5.41) is 0. The van der Waals surface area contributed by atoms with Crippen LogP contribution in [0.25, 0.3) is 0 Å². The molecule has 0 bridgehead atoms. The molecule has 1 aromatic rings.